The zero-order chi connectivity index (χ0) is 14.1. The highest BCUT2D eigenvalue weighted by Crippen LogP contribution is 2.24. The molecule has 0 fully saturated rings. The van der Waals surface area contributed by atoms with Crippen LogP contribution in [-0.4, -0.2) is 35.5 Å². The second-order valence-corrected chi connectivity index (χ2v) is 5.87. The van der Waals surface area contributed by atoms with Crippen LogP contribution in [0.1, 0.15) is 5.56 Å². The third kappa shape index (κ3) is 2.61. The maximum absolute atomic E-state index is 5.82. The van der Waals surface area contributed by atoms with Crippen molar-refractivity contribution >= 4 is 5.82 Å². The zero-order valence-electron chi connectivity index (χ0n) is 12.0. The van der Waals surface area contributed by atoms with Gasteiger partial charge >= 0.3 is 0 Å². The van der Waals surface area contributed by atoms with Gasteiger partial charge in [-0.15, -0.1) is 0 Å². The average Bonchev–Trinajstić information content (AvgIpc) is 3.00. The van der Waals surface area contributed by atoms with Crippen LogP contribution in [0.4, 0.5) is 5.82 Å². The molecule has 4 rings (SSSR count). The van der Waals surface area contributed by atoms with Crippen molar-refractivity contribution in [2.24, 2.45) is 5.92 Å². The zero-order valence-corrected chi connectivity index (χ0v) is 12.0. The first kappa shape index (κ1) is 12.7. The first-order valence-corrected chi connectivity index (χ1v) is 7.58. The third-order valence-electron chi connectivity index (χ3n) is 4.29. The fourth-order valence-corrected chi connectivity index (χ4v) is 3.12. The topological polar surface area (TPSA) is 51.1 Å². The van der Waals surface area contributed by atoms with Gasteiger partial charge < -0.3 is 15.4 Å². The molecule has 0 radical (unpaired) electrons. The van der Waals surface area contributed by atoms with E-state index in [0.717, 1.165) is 44.2 Å². The maximum atomic E-state index is 5.82. The van der Waals surface area contributed by atoms with Crippen molar-refractivity contribution < 1.29 is 4.74 Å². The summed E-state index contributed by atoms with van der Waals surface area (Å²) in [5, 5.41) is 11.4. The second kappa shape index (κ2) is 5.41. The molecule has 0 aliphatic carbocycles. The molecule has 2 atom stereocenters. The minimum Gasteiger partial charge on any atom is -0.492 e. The lowest BCUT2D eigenvalue weighted by atomic mass is 10.0. The van der Waals surface area contributed by atoms with Crippen molar-refractivity contribution in [1.29, 1.82) is 0 Å². The summed E-state index contributed by atoms with van der Waals surface area (Å²) in [6.45, 7) is 3.72. The first-order valence-electron chi connectivity index (χ1n) is 7.58. The summed E-state index contributed by atoms with van der Waals surface area (Å²) >= 11 is 0. The summed E-state index contributed by atoms with van der Waals surface area (Å²) in [5.41, 5.74) is 1.30. The molecule has 21 heavy (non-hydrogen) atoms. The minimum absolute atomic E-state index is 0.402. The Labute approximate surface area is 124 Å². The van der Waals surface area contributed by atoms with Crippen molar-refractivity contribution in [3.05, 3.63) is 42.1 Å². The van der Waals surface area contributed by atoms with Crippen LogP contribution in [0.15, 0.2) is 36.5 Å². The van der Waals surface area contributed by atoms with Crippen LogP contribution in [0, 0.1) is 5.92 Å². The Morgan fingerprint density at radius 3 is 3.29 bits per heavy atom. The molecule has 2 aliphatic rings. The molecule has 2 aliphatic heterocycles. The van der Waals surface area contributed by atoms with E-state index in [1.54, 1.807) is 0 Å². The van der Waals surface area contributed by atoms with Gasteiger partial charge in [-0.1, -0.05) is 18.2 Å². The molecule has 0 unspecified atom stereocenters. The molecule has 0 amide bonds. The number of ether oxygens (including phenoxy) is 1. The Bertz CT molecular complexity index is 624. The number of para-hydroxylation sites is 1. The van der Waals surface area contributed by atoms with Crippen molar-refractivity contribution in [2.75, 3.05) is 25.0 Å². The number of hydrogen-bond acceptors (Lipinski definition) is 4. The monoisotopic (exact) mass is 284 g/mol. The Morgan fingerprint density at radius 2 is 2.29 bits per heavy atom. The Kier molecular flexibility index (Phi) is 3.27. The van der Waals surface area contributed by atoms with E-state index in [1.807, 2.05) is 23.0 Å². The fourth-order valence-electron chi connectivity index (χ4n) is 3.12. The van der Waals surface area contributed by atoms with E-state index in [4.69, 9.17) is 4.74 Å². The average molecular weight is 284 g/mol. The van der Waals surface area contributed by atoms with E-state index in [0.29, 0.717) is 12.0 Å². The van der Waals surface area contributed by atoms with Crippen LogP contribution in [0.25, 0.3) is 0 Å². The highest BCUT2D eigenvalue weighted by molar-refractivity contribution is 5.36. The van der Waals surface area contributed by atoms with Gasteiger partial charge in [0.2, 0.25) is 0 Å². The van der Waals surface area contributed by atoms with Crippen LogP contribution >= 0.6 is 0 Å². The smallest absolute Gasteiger partial charge is 0.124 e. The Hall–Kier alpha value is -2.01. The van der Waals surface area contributed by atoms with Crippen LogP contribution < -0.4 is 15.4 Å². The van der Waals surface area contributed by atoms with Crippen molar-refractivity contribution in [2.45, 2.75) is 19.0 Å². The van der Waals surface area contributed by atoms with Crippen molar-refractivity contribution in [1.82, 2.24) is 15.1 Å². The van der Waals surface area contributed by atoms with Crippen molar-refractivity contribution in [3.63, 3.8) is 0 Å². The van der Waals surface area contributed by atoms with E-state index in [2.05, 4.69) is 33.9 Å². The van der Waals surface area contributed by atoms with Gasteiger partial charge in [-0.2, -0.15) is 5.10 Å². The second-order valence-electron chi connectivity index (χ2n) is 5.87. The first-order chi connectivity index (χ1) is 10.4. The number of anilines is 1. The predicted octanol–water partition coefficient (Wildman–Crippen LogP) is 1.52. The third-order valence-corrected chi connectivity index (χ3v) is 4.29. The highest BCUT2D eigenvalue weighted by Gasteiger charge is 2.22. The molecule has 110 valence electrons. The maximum Gasteiger partial charge on any atom is 0.124 e. The standard InChI is InChI=1S/C16H20N4O/c1-2-4-15-13(3-1)7-14(11-21-15)17-8-12-9-18-16-5-6-19-20(16)10-12/h1-6,12,14,17-18H,7-11H2/t12-,14+/m0/s1. The molecule has 3 heterocycles. The molecule has 5 heteroatoms. The van der Waals surface area contributed by atoms with Gasteiger partial charge in [0, 0.05) is 37.7 Å². The predicted molar refractivity (Wildman–Crippen MR) is 81.6 cm³/mol. The normalized spacial score (nSPS) is 23.6. The van der Waals surface area contributed by atoms with Gasteiger partial charge in [-0.25, -0.2) is 4.68 Å². The van der Waals surface area contributed by atoms with Gasteiger partial charge in [0.05, 0.1) is 6.20 Å². The molecular formula is C16H20N4O. The number of benzene rings is 1. The number of fused-ring (bicyclic) bond motifs is 2. The number of rotatable bonds is 3. The largest absolute Gasteiger partial charge is 0.492 e. The molecule has 1 aromatic carbocycles. The number of nitrogens with zero attached hydrogens (tertiary/aromatic N) is 2. The van der Waals surface area contributed by atoms with Crippen LogP contribution in [0.5, 0.6) is 5.75 Å². The Morgan fingerprint density at radius 1 is 1.33 bits per heavy atom. The Balaban J connectivity index is 1.32. The van der Waals surface area contributed by atoms with Gasteiger partial charge in [-0.05, 0) is 18.1 Å². The van der Waals surface area contributed by atoms with E-state index in [1.165, 1.54) is 5.56 Å². The van der Waals surface area contributed by atoms with E-state index < -0.39 is 0 Å². The van der Waals surface area contributed by atoms with Gasteiger partial charge in [0.25, 0.3) is 0 Å². The van der Waals surface area contributed by atoms with Crippen LogP contribution in [0.3, 0.4) is 0 Å². The lowest BCUT2D eigenvalue weighted by Gasteiger charge is -2.30. The molecular weight excluding hydrogens is 264 g/mol. The summed E-state index contributed by atoms with van der Waals surface area (Å²) in [5.74, 6) is 2.73. The molecule has 2 N–H and O–H groups in total. The molecule has 5 nitrogen and oxygen atoms in total. The SMILES string of the molecule is c1ccc2c(c1)C[C@@H](NC[C@H]1CNc3ccnn3C1)CO2. The lowest BCUT2D eigenvalue weighted by Crippen LogP contribution is -2.44. The molecule has 0 saturated heterocycles. The summed E-state index contributed by atoms with van der Waals surface area (Å²) < 4.78 is 7.87. The lowest BCUT2D eigenvalue weighted by molar-refractivity contribution is 0.230. The molecule has 0 bridgehead atoms. The quantitative estimate of drug-likeness (QED) is 0.897. The van der Waals surface area contributed by atoms with E-state index in [9.17, 15) is 0 Å². The number of aromatic nitrogens is 2. The summed E-state index contributed by atoms with van der Waals surface area (Å²) in [6.07, 6.45) is 2.90. The van der Waals surface area contributed by atoms with Gasteiger partial charge in [0.15, 0.2) is 0 Å². The van der Waals surface area contributed by atoms with Crippen molar-refractivity contribution in [3.8, 4) is 5.75 Å². The number of hydrogen-bond donors (Lipinski definition) is 2. The summed E-state index contributed by atoms with van der Waals surface area (Å²) in [6, 6.07) is 10.7. The van der Waals surface area contributed by atoms with Gasteiger partial charge in [-0.3, -0.25) is 0 Å². The molecule has 0 spiro atoms. The number of nitrogens with one attached hydrogen (secondary N) is 2. The molecule has 1 aromatic heterocycles. The van der Waals surface area contributed by atoms with Gasteiger partial charge in [0.1, 0.15) is 18.2 Å². The fraction of sp³-hybridized carbons (Fsp3) is 0.438. The molecule has 2 aromatic rings. The van der Waals surface area contributed by atoms with Crippen LogP contribution in [-0.2, 0) is 13.0 Å². The highest BCUT2D eigenvalue weighted by atomic mass is 16.5. The summed E-state index contributed by atoms with van der Waals surface area (Å²) in [4.78, 5) is 0. The molecule has 0 saturated carbocycles. The van der Waals surface area contributed by atoms with E-state index in [-0.39, 0.29) is 0 Å². The van der Waals surface area contributed by atoms with Crippen LogP contribution in [0.2, 0.25) is 0 Å². The minimum atomic E-state index is 0.402. The summed E-state index contributed by atoms with van der Waals surface area (Å²) in [7, 11) is 0. The van der Waals surface area contributed by atoms with E-state index >= 15 is 0 Å².